The van der Waals surface area contributed by atoms with Crippen LogP contribution in [0.3, 0.4) is 0 Å². The Bertz CT molecular complexity index is 912. The molecule has 0 unspecified atom stereocenters. The number of aliphatic carboxylic acids is 2. The molecule has 160 valence electrons. The lowest BCUT2D eigenvalue weighted by molar-refractivity contribution is -0.900. The van der Waals surface area contributed by atoms with Crippen molar-refractivity contribution in [2.45, 2.75) is 23.9 Å². The zero-order valence-corrected chi connectivity index (χ0v) is 17.7. The number of allylic oxidation sites excluding steroid dienone is 1. The van der Waals surface area contributed by atoms with E-state index in [1.807, 2.05) is 44.4 Å². The fraction of sp³-hybridized carbons (Fsp3) is 0.381. The molecule has 0 spiro atoms. The van der Waals surface area contributed by atoms with E-state index >= 15 is 0 Å². The summed E-state index contributed by atoms with van der Waals surface area (Å²) in [4.78, 5) is 36.9. The molecule has 0 saturated carbocycles. The summed E-state index contributed by atoms with van der Waals surface area (Å²) < 4.78 is 0.194. The van der Waals surface area contributed by atoms with E-state index in [9.17, 15) is 24.6 Å². The van der Waals surface area contributed by atoms with Gasteiger partial charge in [0, 0.05) is 12.2 Å². The molecule has 2 heterocycles. The number of fused-ring (bicyclic) bond motifs is 1. The summed E-state index contributed by atoms with van der Waals surface area (Å²) in [5.74, 6) is -2.01. The summed E-state index contributed by atoms with van der Waals surface area (Å²) in [6.07, 6.45) is 3.85. The van der Waals surface area contributed by atoms with Gasteiger partial charge in [0.1, 0.15) is 17.1 Å². The van der Waals surface area contributed by atoms with Crippen LogP contribution in [-0.4, -0.2) is 81.3 Å². The molecule has 1 aromatic rings. The minimum absolute atomic E-state index is 0.0360. The first-order chi connectivity index (χ1) is 14.1. The normalized spacial score (nSPS) is 22.6. The molecule has 0 bridgehead atoms. The van der Waals surface area contributed by atoms with E-state index in [2.05, 4.69) is 0 Å². The number of carbonyl (C=O) groups excluding carboxylic acids is 1. The van der Waals surface area contributed by atoms with Gasteiger partial charge in [-0.25, -0.2) is 9.59 Å². The Morgan fingerprint density at radius 1 is 1.30 bits per heavy atom. The Morgan fingerprint density at radius 2 is 1.97 bits per heavy atom. The van der Waals surface area contributed by atoms with E-state index in [1.54, 1.807) is 12.2 Å². The first-order valence-electron chi connectivity index (χ1n) is 9.56. The van der Waals surface area contributed by atoms with Gasteiger partial charge in [-0.2, -0.15) is 0 Å². The third-order valence-electron chi connectivity index (χ3n) is 5.54. The molecular weight excluding hydrogens is 406 g/mol. The van der Waals surface area contributed by atoms with Gasteiger partial charge in [0.05, 0.1) is 20.6 Å². The second-order valence-corrected chi connectivity index (χ2v) is 9.13. The molecule has 2 aliphatic rings. The Labute approximate surface area is 179 Å². The van der Waals surface area contributed by atoms with Crippen molar-refractivity contribution in [1.29, 1.82) is 0 Å². The highest BCUT2D eigenvalue weighted by Crippen LogP contribution is 2.39. The average molecular weight is 433 g/mol. The van der Waals surface area contributed by atoms with Crippen molar-refractivity contribution in [1.82, 2.24) is 4.90 Å². The molecule has 4 N–H and O–H groups in total. The van der Waals surface area contributed by atoms with Crippen LogP contribution in [0.15, 0.2) is 53.8 Å². The fourth-order valence-corrected chi connectivity index (χ4v) is 5.00. The standard InChI is InChI=1S/C21H25N3O5S/c1-24(2,15(20(26)27)11-13-7-4-3-5-8-13)10-6-9-14-12-30-19-16(22)18(25)23(19)17(14)21(28)29/h3-9,15-16,19H,10-12,22H2,1-2H3,(H-,26,27,28,29)/p+1/t15-,16+,19+/m0/s1. The molecule has 0 radical (unpaired) electrons. The van der Waals surface area contributed by atoms with Gasteiger partial charge in [-0.1, -0.05) is 36.4 Å². The van der Waals surface area contributed by atoms with Crippen molar-refractivity contribution in [3.8, 4) is 0 Å². The van der Waals surface area contributed by atoms with Gasteiger partial charge in [0.25, 0.3) is 0 Å². The van der Waals surface area contributed by atoms with Crippen LogP contribution in [-0.2, 0) is 20.8 Å². The Hall–Kier alpha value is -2.62. The van der Waals surface area contributed by atoms with Crippen molar-refractivity contribution in [2.24, 2.45) is 5.73 Å². The van der Waals surface area contributed by atoms with Crippen molar-refractivity contribution in [3.63, 3.8) is 0 Å². The highest BCUT2D eigenvalue weighted by molar-refractivity contribution is 8.00. The van der Waals surface area contributed by atoms with Crippen LogP contribution in [0.25, 0.3) is 0 Å². The molecule has 2 aliphatic heterocycles. The number of benzene rings is 1. The number of quaternary nitrogens is 1. The van der Waals surface area contributed by atoms with Crippen molar-refractivity contribution in [2.75, 3.05) is 26.4 Å². The summed E-state index contributed by atoms with van der Waals surface area (Å²) in [5.41, 5.74) is 7.20. The van der Waals surface area contributed by atoms with Gasteiger partial charge in [-0.3, -0.25) is 9.69 Å². The monoisotopic (exact) mass is 432 g/mol. The first-order valence-corrected chi connectivity index (χ1v) is 10.6. The quantitative estimate of drug-likeness (QED) is 0.412. The molecule has 9 heteroatoms. The smallest absolute Gasteiger partial charge is 0.362 e. The summed E-state index contributed by atoms with van der Waals surface area (Å²) >= 11 is 1.43. The number of hydrogen-bond acceptors (Lipinski definition) is 5. The summed E-state index contributed by atoms with van der Waals surface area (Å²) in [7, 11) is 3.67. The Kier molecular flexibility index (Phi) is 6.35. The molecule has 3 rings (SSSR count). The average Bonchev–Trinajstić information content (AvgIpc) is 2.71. The van der Waals surface area contributed by atoms with Gasteiger partial charge < -0.3 is 20.4 Å². The van der Waals surface area contributed by atoms with Crippen LogP contribution in [0.1, 0.15) is 5.56 Å². The molecular formula is C21H26N3O5S+. The predicted molar refractivity (Wildman–Crippen MR) is 113 cm³/mol. The van der Waals surface area contributed by atoms with Crippen molar-refractivity contribution < 1.29 is 29.1 Å². The number of amides is 1. The minimum Gasteiger partial charge on any atom is -0.477 e. The molecule has 1 fully saturated rings. The number of thioether (sulfide) groups is 1. The van der Waals surface area contributed by atoms with E-state index in [0.717, 1.165) is 5.56 Å². The fourth-order valence-electron chi connectivity index (χ4n) is 3.73. The Balaban J connectivity index is 1.77. The van der Waals surface area contributed by atoms with E-state index in [-0.39, 0.29) is 21.5 Å². The van der Waals surface area contributed by atoms with Crippen molar-refractivity contribution >= 4 is 29.6 Å². The van der Waals surface area contributed by atoms with Gasteiger partial charge in [-0.15, -0.1) is 11.8 Å². The molecule has 30 heavy (non-hydrogen) atoms. The summed E-state index contributed by atoms with van der Waals surface area (Å²) in [6, 6.07) is 8.12. The van der Waals surface area contributed by atoms with Crippen LogP contribution in [0.5, 0.6) is 0 Å². The third kappa shape index (κ3) is 4.28. The largest absolute Gasteiger partial charge is 0.477 e. The lowest BCUT2D eigenvalue weighted by Gasteiger charge is -2.47. The second kappa shape index (κ2) is 8.63. The topological polar surface area (TPSA) is 121 Å². The molecule has 0 aliphatic carbocycles. The van der Waals surface area contributed by atoms with Gasteiger partial charge in [0.15, 0.2) is 6.04 Å². The number of likely N-dealkylation sites (N-methyl/N-ethyl adjacent to an activating group) is 1. The van der Waals surface area contributed by atoms with Crippen LogP contribution >= 0.6 is 11.8 Å². The SMILES string of the molecule is C[N+](C)(CC=CC1=C(C(=O)O)N2C(=O)[C@@H](N)[C@H]2SC1)[C@@H](Cc1ccccc1)C(=O)O. The number of nitrogens with two attached hydrogens (primary N) is 1. The number of hydrogen-bond donors (Lipinski definition) is 3. The van der Waals surface area contributed by atoms with Crippen LogP contribution < -0.4 is 5.73 Å². The number of rotatable bonds is 8. The maximum absolute atomic E-state index is 12.0. The Morgan fingerprint density at radius 3 is 2.57 bits per heavy atom. The van der Waals surface area contributed by atoms with Gasteiger partial charge in [0.2, 0.25) is 5.91 Å². The lowest BCUT2D eigenvalue weighted by atomic mass is 10.0. The van der Waals surface area contributed by atoms with E-state index in [4.69, 9.17) is 5.73 Å². The predicted octanol–water partition coefficient (Wildman–Crippen LogP) is 0.896. The number of carboxylic acids is 2. The zero-order valence-electron chi connectivity index (χ0n) is 16.9. The third-order valence-corrected chi connectivity index (χ3v) is 6.86. The van der Waals surface area contributed by atoms with Crippen molar-refractivity contribution in [3.05, 3.63) is 59.3 Å². The van der Waals surface area contributed by atoms with Gasteiger partial charge >= 0.3 is 11.9 Å². The second-order valence-electron chi connectivity index (χ2n) is 8.02. The van der Waals surface area contributed by atoms with Crippen LogP contribution in [0.4, 0.5) is 0 Å². The highest BCUT2D eigenvalue weighted by atomic mass is 32.2. The number of nitrogens with zero attached hydrogens (tertiary/aromatic N) is 2. The summed E-state index contributed by atoms with van der Waals surface area (Å²) in [6.45, 7) is 0.391. The van der Waals surface area contributed by atoms with Crippen LogP contribution in [0.2, 0.25) is 0 Å². The minimum atomic E-state index is -1.17. The molecule has 1 aromatic carbocycles. The van der Waals surface area contributed by atoms with Crippen LogP contribution in [0, 0.1) is 0 Å². The van der Waals surface area contributed by atoms with E-state index in [1.165, 1.54) is 16.7 Å². The van der Waals surface area contributed by atoms with E-state index in [0.29, 0.717) is 24.3 Å². The van der Waals surface area contributed by atoms with Gasteiger partial charge in [-0.05, 0) is 17.2 Å². The number of carboxylic acid groups (broad SMARTS) is 2. The maximum atomic E-state index is 12.0. The zero-order chi connectivity index (χ0) is 22.1. The number of β-lactam (4-membered cyclic amide) rings is 1. The first kappa shape index (κ1) is 22.1. The lowest BCUT2D eigenvalue weighted by Crippen LogP contribution is -2.68. The molecule has 0 aromatic heterocycles. The summed E-state index contributed by atoms with van der Waals surface area (Å²) in [5, 5.41) is 19.0. The molecule has 8 nitrogen and oxygen atoms in total. The maximum Gasteiger partial charge on any atom is 0.362 e. The number of carbonyl (C=O) groups is 3. The molecule has 1 amide bonds. The highest BCUT2D eigenvalue weighted by Gasteiger charge is 2.51. The molecule has 1 saturated heterocycles. The molecule has 3 atom stereocenters. The van der Waals surface area contributed by atoms with E-state index < -0.39 is 24.0 Å².